The normalized spacial score (nSPS) is 15.5. The van der Waals surface area contributed by atoms with Crippen LogP contribution >= 0.6 is 11.3 Å². The number of aromatic nitrogens is 1. The highest BCUT2D eigenvalue weighted by Gasteiger charge is 2.28. The Morgan fingerprint density at radius 1 is 1.16 bits per heavy atom. The summed E-state index contributed by atoms with van der Waals surface area (Å²) in [5.74, 6) is -0.296. The van der Waals surface area contributed by atoms with Crippen molar-refractivity contribution in [2.75, 3.05) is 16.8 Å². The van der Waals surface area contributed by atoms with Gasteiger partial charge in [0.05, 0.1) is 5.69 Å². The number of nitrogens with zero attached hydrogens (tertiary/aromatic N) is 2. The van der Waals surface area contributed by atoms with Gasteiger partial charge in [0, 0.05) is 34.2 Å². The number of aryl methyl sites for hydroxylation is 1. The van der Waals surface area contributed by atoms with Crippen molar-refractivity contribution in [1.82, 2.24) is 4.98 Å². The topological polar surface area (TPSA) is 62.3 Å². The zero-order valence-corrected chi connectivity index (χ0v) is 18.0. The minimum absolute atomic E-state index is 0.0652. The Balaban J connectivity index is 1.37. The van der Waals surface area contributed by atoms with Crippen LogP contribution in [0, 0.1) is 18.7 Å². The maximum absolute atomic E-state index is 13.2. The summed E-state index contributed by atoms with van der Waals surface area (Å²) >= 11 is 1.49. The summed E-state index contributed by atoms with van der Waals surface area (Å²) in [6.07, 6.45) is 3.79. The molecule has 2 amide bonds. The van der Waals surface area contributed by atoms with Gasteiger partial charge in [-0.3, -0.25) is 9.59 Å². The summed E-state index contributed by atoms with van der Waals surface area (Å²) in [7, 11) is 0. The minimum atomic E-state index is -0.357. The fourth-order valence-corrected chi connectivity index (χ4v) is 4.94. The molecule has 0 atom stereocenters. The number of benzene rings is 2. The lowest BCUT2D eigenvalue weighted by molar-refractivity contribution is -0.122. The van der Waals surface area contributed by atoms with E-state index in [-0.39, 0.29) is 23.5 Å². The molecule has 2 heterocycles. The number of anilines is 2. The monoisotopic (exact) mass is 435 g/mol. The van der Waals surface area contributed by atoms with E-state index in [4.69, 9.17) is 0 Å². The summed E-state index contributed by atoms with van der Waals surface area (Å²) in [6.45, 7) is 2.59. The van der Waals surface area contributed by atoms with Crippen LogP contribution in [0.5, 0.6) is 0 Å². The van der Waals surface area contributed by atoms with Crippen LogP contribution < -0.4 is 10.2 Å². The Morgan fingerprint density at radius 2 is 1.94 bits per heavy atom. The molecule has 31 heavy (non-hydrogen) atoms. The fourth-order valence-electron chi connectivity index (χ4n) is 4.10. The predicted octanol–water partition coefficient (Wildman–Crippen LogP) is 5.20. The number of halogens is 1. The number of amides is 2. The van der Waals surface area contributed by atoms with E-state index in [0.717, 1.165) is 53.1 Å². The van der Waals surface area contributed by atoms with Gasteiger partial charge in [-0.25, -0.2) is 9.37 Å². The van der Waals surface area contributed by atoms with Crippen LogP contribution in [0.1, 0.15) is 40.1 Å². The summed E-state index contributed by atoms with van der Waals surface area (Å²) in [6, 6.07) is 11.6. The Morgan fingerprint density at radius 3 is 2.65 bits per heavy atom. The van der Waals surface area contributed by atoms with Crippen molar-refractivity contribution in [1.29, 1.82) is 0 Å². The van der Waals surface area contributed by atoms with Gasteiger partial charge in [0.1, 0.15) is 5.82 Å². The molecular weight excluding hydrogens is 413 g/mol. The molecule has 0 unspecified atom stereocenters. The zero-order valence-electron chi connectivity index (χ0n) is 17.2. The Hall–Kier alpha value is -3.06. The SMILES string of the molecule is Cc1sc(NC(=O)C2CCC2)nc1-c1ccc2c(c1)CCN2C(=O)c1ccc(F)cc1. The number of fused-ring (bicyclic) bond motifs is 1. The van der Waals surface area contributed by atoms with Gasteiger partial charge in [0.15, 0.2) is 5.13 Å². The van der Waals surface area contributed by atoms with Gasteiger partial charge in [-0.05, 0) is 68.1 Å². The van der Waals surface area contributed by atoms with Crippen molar-refractivity contribution in [2.24, 2.45) is 5.92 Å². The summed E-state index contributed by atoms with van der Waals surface area (Å²) in [5, 5.41) is 3.60. The van der Waals surface area contributed by atoms with Crippen molar-refractivity contribution in [3.63, 3.8) is 0 Å². The Bertz CT molecular complexity index is 1170. The van der Waals surface area contributed by atoms with E-state index >= 15 is 0 Å². The molecule has 1 fully saturated rings. The highest BCUT2D eigenvalue weighted by molar-refractivity contribution is 7.16. The Labute approximate surface area is 183 Å². The number of thiazole rings is 1. The molecule has 3 aromatic rings. The van der Waals surface area contributed by atoms with Gasteiger partial charge in [-0.15, -0.1) is 11.3 Å². The second-order valence-corrected chi connectivity index (χ2v) is 9.30. The maximum atomic E-state index is 13.2. The number of carbonyl (C=O) groups is 2. The number of hydrogen-bond acceptors (Lipinski definition) is 4. The van der Waals surface area contributed by atoms with Crippen LogP contribution in [0.25, 0.3) is 11.3 Å². The van der Waals surface area contributed by atoms with E-state index in [1.165, 1.54) is 35.6 Å². The number of rotatable bonds is 4. The second kappa shape index (κ2) is 7.89. The van der Waals surface area contributed by atoms with E-state index in [0.29, 0.717) is 17.2 Å². The van der Waals surface area contributed by atoms with Crippen LogP contribution in [-0.4, -0.2) is 23.3 Å². The summed E-state index contributed by atoms with van der Waals surface area (Å²) in [5.41, 5.74) is 4.28. The van der Waals surface area contributed by atoms with Gasteiger partial charge in [-0.2, -0.15) is 0 Å². The molecule has 0 radical (unpaired) electrons. The fraction of sp³-hybridized carbons (Fsp3) is 0.292. The lowest BCUT2D eigenvalue weighted by Crippen LogP contribution is -2.28. The van der Waals surface area contributed by atoms with E-state index in [2.05, 4.69) is 16.4 Å². The molecular formula is C24H22FN3O2S. The molecule has 0 bridgehead atoms. The smallest absolute Gasteiger partial charge is 0.258 e. The van der Waals surface area contributed by atoms with Gasteiger partial charge >= 0.3 is 0 Å². The third-order valence-electron chi connectivity index (χ3n) is 6.09. The van der Waals surface area contributed by atoms with Crippen LogP contribution in [0.3, 0.4) is 0 Å². The lowest BCUT2D eigenvalue weighted by Gasteiger charge is -2.23. The third-order valence-corrected chi connectivity index (χ3v) is 6.97. The molecule has 2 aromatic carbocycles. The van der Waals surface area contributed by atoms with E-state index in [9.17, 15) is 14.0 Å². The second-order valence-electron chi connectivity index (χ2n) is 8.10. The van der Waals surface area contributed by atoms with E-state index in [1.54, 1.807) is 4.90 Å². The number of hydrogen-bond donors (Lipinski definition) is 1. The van der Waals surface area contributed by atoms with Crippen molar-refractivity contribution >= 4 is 34.0 Å². The first-order valence-corrected chi connectivity index (χ1v) is 11.3. The first kappa shape index (κ1) is 19.9. The lowest BCUT2D eigenvalue weighted by atomic mass is 9.85. The highest BCUT2D eigenvalue weighted by Crippen LogP contribution is 2.37. The molecule has 5 rings (SSSR count). The molecule has 2 aliphatic rings. The summed E-state index contributed by atoms with van der Waals surface area (Å²) < 4.78 is 13.2. The van der Waals surface area contributed by atoms with E-state index in [1.807, 2.05) is 19.1 Å². The van der Waals surface area contributed by atoms with Crippen LogP contribution in [0.4, 0.5) is 15.2 Å². The molecule has 1 aromatic heterocycles. The molecule has 158 valence electrons. The molecule has 0 saturated heterocycles. The first-order valence-electron chi connectivity index (χ1n) is 10.5. The standard InChI is InChI=1S/C24H22FN3O2S/c1-14-21(26-24(31-14)27-22(29)15-3-2-4-15)18-7-10-20-17(13-18)11-12-28(20)23(30)16-5-8-19(25)9-6-16/h5-10,13,15H,2-4,11-12H2,1H3,(H,26,27,29). The number of carbonyl (C=O) groups excluding carboxylic acids is 2. The van der Waals surface area contributed by atoms with Gasteiger partial charge in [0.25, 0.3) is 5.91 Å². The molecule has 1 N–H and O–H groups in total. The third kappa shape index (κ3) is 3.74. The van der Waals surface area contributed by atoms with Crippen LogP contribution in [0.2, 0.25) is 0 Å². The molecule has 1 saturated carbocycles. The molecule has 0 spiro atoms. The Kier molecular flexibility index (Phi) is 5.06. The van der Waals surface area contributed by atoms with E-state index < -0.39 is 0 Å². The van der Waals surface area contributed by atoms with Crippen LogP contribution in [-0.2, 0) is 11.2 Å². The van der Waals surface area contributed by atoms with Crippen molar-refractivity contribution < 1.29 is 14.0 Å². The molecule has 1 aliphatic heterocycles. The van der Waals surface area contributed by atoms with Crippen molar-refractivity contribution in [3.05, 3.63) is 64.3 Å². The molecule has 5 nitrogen and oxygen atoms in total. The molecule has 7 heteroatoms. The maximum Gasteiger partial charge on any atom is 0.258 e. The largest absolute Gasteiger partial charge is 0.308 e. The summed E-state index contributed by atoms with van der Waals surface area (Å²) in [4.78, 5) is 32.6. The molecule has 1 aliphatic carbocycles. The van der Waals surface area contributed by atoms with Crippen LogP contribution in [0.15, 0.2) is 42.5 Å². The van der Waals surface area contributed by atoms with Gasteiger partial charge < -0.3 is 10.2 Å². The average Bonchev–Trinajstić information content (AvgIpc) is 3.29. The predicted molar refractivity (Wildman–Crippen MR) is 120 cm³/mol. The minimum Gasteiger partial charge on any atom is -0.308 e. The van der Waals surface area contributed by atoms with Gasteiger partial charge in [-0.1, -0.05) is 12.5 Å². The quantitative estimate of drug-likeness (QED) is 0.613. The zero-order chi connectivity index (χ0) is 21.5. The average molecular weight is 436 g/mol. The number of nitrogens with one attached hydrogen (secondary N) is 1. The van der Waals surface area contributed by atoms with Gasteiger partial charge in [0.2, 0.25) is 5.91 Å². The first-order chi connectivity index (χ1) is 15.0. The van der Waals surface area contributed by atoms with Crippen molar-refractivity contribution in [2.45, 2.75) is 32.6 Å². The van der Waals surface area contributed by atoms with Crippen molar-refractivity contribution in [3.8, 4) is 11.3 Å². The highest BCUT2D eigenvalue weighted by atomic mass is 32.1.